The van der Waals surface area contributed by atoms with Gasteiger partial charge >= 0.3 is 0 Å². The molecule has 0 aliphatic carbocycles. The standard InChI is InChI=1S/C21H21ClN4O/c1-2-16-5-3-4-6-19(16)26-21-24-13-17(14-25-21)20(27)23-12-11-15-7-9-18(22)10-8-15/h3-10,13-14H,2,11-12H2,1H3,(H,23,27)(H,24,25,26). The summed E-state index contributed by atoms with van der Waals surface area (Å²) in [6, 6.07) is 15.6. The van der Waals surface area contributed by atoms with Crippen LogP contribution in [0.25, 0.3) is 0 Å². The summed E-state index contributed by atoms with van der Waals surface area (Å²) in [6.07, 6.45) is 4.71. The van der Waals surface area contributed by atoms with Crippen molar-refractivity contribution in [2.75, 3.05) is 11.9 Å². The van der Waals surface area contributed by atoms with E-state index < -0.39 is 0 Å². The van der Waals surface area contributed by atoms with E-state index >= 15 is 0 Å². The number of aromatic nitrogens is 2. The molecule has 1 amide bonds. The van der Waals surface area contributed by atoms with Gasteiger partial charge in [0.2, 0.25) is 5.95 Å². The van der Waals surface area contributed by atoms with Gasteiger partial charge in [-0.2, -0.15) is 0 Å². The predicted octanol–water partition coefficient (Wildman–Crippen LogP) is 4.41. The molecule has 1 aromatic heterocycles. The molecule has 0 aliphatic heterocycles. The Bertz CT molecular complexity index is 895. The number of nitrogens with one attached hydrogen (secondary N) is 2. The van der Waals surface area contributed by atoms with Crippen LogP contribution >= 0.6 is 11.6 Å². The van der Waals surface area contributed by atoms with Crippen LogP contribution in [0.2, 0.25) is 5.02 Å². The Morgan fingerprint density at radius 1 is 1.04 bits per heavy atom. The van der Waals surface area contributed by atoms with Crippen LogP contribution in [-0.4, -0.2) is 22.4 Å². The average Bonchev–Trinajstić information content (AvgIpc) is 2.70. The predicted molar refractivity (Wildman–Crippen MR) is 109 cm³/mol. The molecule has 0 bridgehead atoms. The second-order valence-electron chi connectivity index (χ2n) is 6.06. The van der Waals surface area contributed by atoms with Gasteiger partial charge in [-0.3, -0.25) is 4.79 Å². The first-order valence-corrected chi connectivity index (χ1v) is 9.23. The summed E-state index contributed by atoms with van der Waals surface area (Å²) in [5.41, 5.74) is 3.70. The highest BCUT2D eigenvalue weighted by atomic mass is 35.5. The molecule has 0 atom stereocenters. The van der Waals surface area contributed by atoms with E-state index in [1.165, 1.54) is 18.0 Å². The molecule has 0 saturated heterocycles. The molecule has 0 spiro atoms. The monoisotopic (exact) mass is 380 g/mol. The molecule has 1 heterocycles. The van der Waals surface area contributed by atoms with Crippen LogP contribution in [0, 0.1) is 0 Å². The molecule has 0 saturated carbocycles. The molecule has 0 aliphatic rings. The number of hydrogen-bond acceptors (Lipinski definition) is 4. The summed E-state index contributed by atoms with van der Waals surface area (Å²) in [5, 5.41) is 6.78. The Hall–Kier alpha value is -2.92. The summed E-state index contributed by atoms with van der Waals surface area (Å²) in [4.78, 5) is 20.7. The molecule has 3 aromatic rings. The number of nitrogens with zero attached hydrogens (tertiary/aromatic N) is 2. The zero-order chi connectivity index (χ0) is 19.1. The normalized spacial score (nSPS) is 10.4. The number of rotatable bonds is 7. The number of para-hydroxylation sites is 1. The summed E-state index contributed by atoms with van der Waals surface area (Å²) in [7, 11) is 0. The van der Waals surface area contributed by atoms with Crippen LogP contribution < -0.4 is 10.6 Å². The summed E-state index contributed by atoms with van der Waals surface area (Å²) >= 11 is 5.87. The lowest BCUT2D eigenvalue weighted by Gasteiger charge is -2.10. The van der Waals surface area contributed by atoms with E-state index in [1.54, 1.807) is 0 Å². The molecule has 2 aromatic carbocycles. The van der Waals surface area contributed by atoms with E-state index in [4.69, 9.17) is 11.6 Å². The van der Waals surface area contributed by atoms with Crippen LogP contribution in [0.1, 0.15) is 28.4 Å². The van der Waals surface area contributed by atoms with Crippen LogP contribution in [0.3, 0.4) is 0 Å². The third-order valence-corrected chi connectivity index (χ3v) is 4.42. The minimum absolute atomic E-state index is 0.190. The van der Waals surface area contributed by atoms with Crippen molar-refractivity contribution in [3.05, 3.63) is 82.6 Å². The Morgan fingerprint density at radius 3 is 2.44 bits per heavy atom. The van der Waals surface area contributed by atoms with Gasteiger partial charge in [-0.15, -0.1) is 0 Å². The van der Waals surface area contributed by atoms with E-state index in [0.29, 0.717) is 23.1 Å². The SMILES string of the molecule is CCc1ccccc1Nc1ncc(C(=O)NCCc2ccc(Cl)cc2)cn1. The van der Waals surface area contributed by atoms with E-state index in [2.05, 4.69) is 33.6 Å². The van der Waals surface area contributed by atoms with Crippen LogP contribution in [0.4, 0.5) is 11.6 Å². The maximum absolute atomic E-state index is 12.2. The third-order valence-electron chi connectivity index (χ3n) is 4.17. The lowest BCUT2D eigenvalue weighted by molar-refractivity contribution is 0.0953. The zero-order valence-electron chi connectivity index (χ0n) is 15.1. The molecule has 138 valence electrons. The number of hydrogen-bond donors (Lipinski definition) is 2. The molecule has 3 rings (SSSR count). The van der Waals surface area contributed by atoms with Gasteiger partial charge in [0.05, 0.1) is 5.56 Å². The molecular weight excluding hydrogens is 360 g/mol. The van der Waals surface area contributed by atoms with Crippen LogP contribution in [0.15, 0.2) is 60.9 Å². The molecule has 0 unspecified atom stereocenters. The largest absolute Gasteiger partial charge is 0.352 e. The van der Waals surface area contributed by atoms with E-state index in [1.807, 2.05) is 42.5 Å². The third kappa shape index (κ3) is 5.28. The molecule has 6 heteroatoms. The van der Waals surface area contributed by atoms with Crippen molar-refractivity contribution < 1.29 is 4.79 Å². The van der Waals surface area contributed by atoms with Crippen molar-refractivity contribution in [2.24, 2.45) is 0 Å². The zero-order valence-corrected chi connectivity index (χ0v) is 15.8. The second-order valence-corrected chi connectivity index (χ2v) is 6.50. The molecule has 0 fully saturated rings. The van der Waals surface area contributed by atoms with Gasteiger partial charge in [0.15, 0.2) is 0 Å². The highest BCUT2D eigenvalue weighted by Gasteiger charge is 2.08. The van der Waals surface area contributed by atoms with Gasteiger partial charge in [-0.25, -0.2) is 9.97 Å². The van der Waals surface area contributed by atoms with Crippen molar-refractivity contribution in [2.45, 2.75) is 19.8 Å². The minimum atomic E-state index is -0.190. The first kappa shape index (κ1) is 18.9. The number of amides is 1. The van der Waals surface area contributed by atoms with Crippen molar-refractivity contribution in [3.8, 4) is 0 Å². The smallest absolute Gasteiger partial charge is 0.254 e. The second kappa shape index (κ2) is 9.14. The quantitative estimate of drug-likeness (QED) is 0.637. The van der Waals surface area contributed by atoms with Gasteiger partial charge in [0, 0.05) is 29.6 Å². The number of halogens is 1. The summed E-state index contributed by atoms with van der Waals surface area (Å²) < 4.78 is 0. The number of anilines is 2. The van der Waals surface area contributed by atoms with Crippen molar-refractivity contribution in [1.82, 2.24) is 15.3 Å². The molecular formula is C21H21ClN4O. The molecule has 27 heavy (non-hydrogen) atoms. The van der Waals surface area contributed by atoms with Crippen LogP contribution in [0.5, 0.6) is 0 Å². The number of carbonyl (C=O) groups excluding carboxylic acids is 1. The fourth-order valence-corrected chi connectivity index (χ4v) is 2.78. The molecule has 5 nitrogen and oxygen atoms in total. The first-order chi connectivity index (χ1) is 13.2. The highest BCUT2D eigenvalue weighted by Crippen LogP contribution is 2.18. The Morgan fingerprint density at radius 2 is 1.74 bits per heavy atom. The Labute approximate surface area is 163 Å². The number of aryl methyl sites for hydroxylation is 1. The first-order valence-electron chi connectivity index (χ1n) is 8.85. The van der Waals surface area contributed by atoms with E-state index in [0.717, 1.165) is 24.1 Å². The fraction of sp³-hybridized carbons (Fsp3) is 0.190. The highest BCUT2D eigenvalue weighted by molar-refractivity contribution is 6.30. The topological polar surface area (TPSA) is 66.9 Å². The van der Waals surface area contributed by atoms with Gasteiger partial charge in [0.25, 0.3) is 5.91 Å². The Balaban J connectivity index is 1.54. The fourth-order valence-electron chi connectivity index (χ4n) is 2.65. The van der Waals surface area contributed by atoms with Gasteiger partial charge in [-0.05, 0) is 42.2 Å². The average molecular weight is 381 g/mol. The molecule has 2 N–H and O–H groups in total. The van der Waals surface area contributed by atoms with Crippen molar-refractivity contribution in [1.29, 1.82) is 0 Å². The maximum atomic E-state index is 12.2. The molecule has 0 radical (unpaired) electrons. The Kier molecular flexibility index (Phi) is 6.39. The maximum Gasteiger partial charge on any atom is 0.254 e. The van der Waals surface area contributed by atoms with Crippen molar-refractivity contribution in [3.63, 3.8) is 0 Å². The number of benzene rings is 2. The van der Waals surface area contributed by atoms with E-state index in [-0.39, 0.29) is 5.91 Å². The number of carbonyl (C=O) groups is 1. The summed E-state index contributed by atoms with van der Waals surface area (Å²) in [6.45, 7) is 2.63. The van der Waals surface area contributed by atoms with Crippen LogP contribution in [-0.2, 0) is 12.8 Å². The summed E-state index contributed by atoms with van der Waals surface area (Å²) in [5.74, 6) is 0.276. The lowest BCUT2D eigenvalue weighted by atomic mass is 10.1. The van der Waals surface area contributed by atoms with Gasteiger partial charge < -0.3 is 10.6 Å². The lowest BCUT2D eigenvalue weighted by Crippen LogP contribution is -2.26. The van der Waals surface area contributed by atoms with E-state index in [9.17, 15) is 4.79 Å². The van der Waals surface area contributed by atoms with Crippen molar-refractivity contribution >= 4 is 29.1 Å². The van der Waals surface area contributed by atoms with Gasteiger partial charge in [-0.1, -0.05) is 48.9 Å². The van der Waals surface area contributed by atoms with Gasteiger partial charge in [0.1, 0.15) is 0 Å². The minimum Gasteiger partial charge on any atom is -0.352 e.